The van der Waals surface area contributed by atoms with E-state index in [1.165, 1.54) is 4.90 Å². The predicted molar refractivity (Wildman–Crippen MR) is 166 cm³/mol. The molecule has 13 nitrogen and oxygen atoms in total. The maximum Gasteiger partial charge on any atom is 0.322 e. The minimum absolute atomic E-state index is 0.0636. The van der Waals surface area contributed by atoms with Gasteiger partial charge in [-0.25, -0.2) is 0 Å². The normalized spacial score (nSPS) is 23.8. The van der Waals surface area contributed by atoms with Gasteiger partial charge in [-0.2, -0.15) is 0 Å². The van der Waals surface area contributed by atoms with Crippen molar-refractivity contribution in [3.05, 3.63) is 29.8 Å². The molecule has 3 aliphatic rings. The highest BCUT2D eigenvalue weighted by atomic mass is 16.5. The largest absolute Gasteiger partial charge is 0.493 e. The van der Waals surface area contributed by atoms with Gasteiger partial charge in [0.15, 0.2) is 0 Å². The Bertz CT molecular complexity index is 1270. The molecule has 0 spiro atoms. The number of fused-ring (bicyclic) bond motifs is 4. The van der Waals surface area contributed by atoms with Gasteiger partial charge in [-0.1, -0.05) is 44.7 Å². The van der Waals surface area contributed by atoms with Crippen molar-refractivity contribution in [2.45, 2.75) is 89.3 Å². The van der Waals surface area contributed by atoms with E-state index in [4.69, 9.17) is 14.6 Å². The number of Topliss-reactive ketones (excluding diaryl/α,β-unsaturated/α-hetero) is 1. The van der Waals surface area contributed by atoms with Gasteiger partial charge in [0, 0.05) is 25.5 Å². The Hall–Kier alpha value is -4.00. The zero-order chi connectivity index (χ0) is 33.1. The smallest absolute Gasteiger partial charge is 0.322 e. The van der Waals surface area contributed by atoms with E-state index in [9.17, 15) is 28.8 Å². The molecule has 4 bridgehead atoms. The van der Waals surface area contributed by atoms with E-state index in [0.29, 0.717) is 38.4 Å². The molecule has 4 atom stereocenters. The van der Waals surface area contributed by atoms with Crippen LogP contribution >= 0.6 is 0 Å². The molecule has 4 rings (SSSR count). The van der Waals surface area contributed by atoms with Gasteiger partial charge in [-0.3, -0.25) is 28.8 Å². The number of ketones is 1. The number of carboxylic acids is 1. The highest BCUT2D eigenvalue weighted by Crippen LogP contribution is 2.31. The maximum atomic E-state index is 14.4. The van der Waals surface area contributed by atoms with E-state index in [2.05, 4.69) is 16.0 Å². The summed E-state index contributed by atoms with van der Waals surface area (Å²) in [5, 5.41) is 16.6. The van der Waals surface area contributed by atoms with Crippen LogP contribution in [0.4, 0.5) is 0 Å². The standard InChI is InChI=1S/C33H46N4O9/c1-2-8-25(30(41)32(43)34-18-28(39)40)35-31(42)26-16-22-19-37(26)33(44)29(23-10-4-3-5-11-23)36-27(38)17-21-9-6-12-24(15-21)46-14-7-13-45-20-22/h6,9,12,15,22-23,25-26,29H,2-5,7-8,10-11,13-14,16-20H2,1H3,(H,34,43)(H,35,42)(H,36,38)(H,39,40)/t22-,25?,26?,29+/m1/s1. The van der Waals surface area contributed by atoms with Crippen LogP contribution in [0.25, 0.3) is 0 Å². The van der Waals surface area contributed by atoms with Crippen LogP contribution in [-0.4, -0.2) is 96.4 Å². The van der Waals surface area contributed by atoms with E-state index < -0.39 is 48.2 Å². The zero-order valence-electron chi connectivity index (χ0n) is 26.5. The molecule has 1 aromatic carbocycles. The van der Waals surface area contributed by atoms with Gasteiger partial charge in [-0.15, -0.1) is 0 Å². The Morgan fingerprint density at radius 2 is 1.87 bits per heavy atom. The number of carbonyl (C=O) groups is 6. The monoisotopic (exact) mass is 642 g/mol. The van der Waals surface area contributed by atoms with Crippen molar-refractivity contribution in [1.29, 1.82) is 0 Å². The van der Waals surface area contributed by atoms with Gasteiger partial charge in [0.1, 0.15) is 24.4 Å². The lowest BCUT2D eigenvalue weighted by Crippen LogP contribution is -2.58. The summed E-state index contributed by atoms with van der Waals surface area (Å²) in [6.45, 7) is 2.45. The van der Waals surface area contributed by atoms with Crippen LogP contribution in [0.15, 0.2) is 24.3 Å². The number of amides is 4. The number of ether oxygens (including phenoxy) is 2. The summed E-state index contributed by atoms with van der Waals surface area (Å²) < 4.78 is 11.8. The van der Waals surface area contributed by atoms with Crippen molar-refractivity contribution < 1.29 is 43.3 Å². The molecule has 1 aliphatic carbocycles. The Labute approximate surface area is 269 Å². The molecular formula is C33H46N4O9. The molecule has 2 heterocycles. The first-order chi connectivity index (χ1) is 22.2. The minimum Gasteiger partial charge on any atom is -0.493 e. The van der Waals surface area contributed by atoms with E-state index in [1.54, 1.807) is 6.92 Å². The average molecular weight is 643 g/mol. The Kier molecular flexibility index (Phi) is 12.9. The predicted octanol–water partition coefficient (Wildman–Crippen LogP) is 1.37. The van der Waals surface area contributed by atoms with E-state index >= 15 is 0 Å². The highest BCUT2D eigenvalue weighted by Gasteiger charge is 2.45. The average Bonchev–Trinajstić information content (AvgIpc) is 3.48. The molecule has 1 saturated carbocycles. The fourth-order valence-electron chi connectivity index (χ4n) is 6.55. The first kappa shape index (κ1) is 34.9. The Balaban J connectivity index is 1.58. The summed E-state index contributed by atoms with van der Waals surface area (Å²) in [5.41, 5.74) is 0.753. The van der Waals surface area contributed by atoms with Gasteiger partial charge >= 0.3 is 5.97 Å². The number of benzene rings is 1. The highest BCUT2D eigenvalue weighted by molar-refractivity contribution is 6.38. The van der Waals surface area contributed by atoms with Crippen LogP contribution < -0.4 is 20.7 Å². The van der Waals surface area contributed by atoms with Crippen LogP contribution in [0.1, 0.15) is 70.3 Å². The number of hydrogen-bond acceptors (Lipinski definition) is 8. The second-order valence-electron chi connectivity index (χ2n) is 12.4. The summed E-state index contributed by atoms with van der Waals surface area (Å²) in [6.07, 6.45) is 6.07. The van der Waals surface area contributed by atoms with Crippen molar-refractivity contribution in [1.82, 2.24) is 20.9 Å². The van der Waals surface area contributed by atoms with Crippen LogP contribution in [0.5, 0.6) is 5.75 Å². The molecule has 0 aromatic heterocycles. The van der Waals surface area contributed by atoms with Gasteiger partial charge in [0.2, 0.25) is 23.5 Å². The first-order valence-electron chi connectivity index (χ1n) is 16.4. The van der Waals surface area contributed by atoms with Gasteiger partial charge in [0.25, 0.3) is 5.91 Å². The first-order valence-corrected chi connectivity index (χ1v) is 16.4. The van der Waals surface area contributed by atoms with Crippen molar-refractivity contribution in [2.75, 3.05) is 32.9 Å². The molecule has 46 heavy (non-hydrogen) atoms. The molecule has 252 valence electrons. The van der Waals surface area contributed by atoms with Crippen molar-refractivity contribution in [2.24, 2.45) is 11.8 Å². The van der Waals surface area contributed by atoms with Crippen LogP contribution in [-0.2, 0) is 39.9 Å². The molecule has 2 fully saturated rings. The maximum absolute atomic E-state index is 14.4. The van der Waals surface area contributed by atoms with Crippen LogP contribution in [0.3, 0.4) is 0 Å². The number of carbonyl (C=O) groups excluding carboxylic acids is 5. The second-order valence-corrected chi connectivity index (χ2v) is 12.4. The van der Waals surface area contributed by atoms with Crippen molar-refractivity contribution in [3.8, 4) is 5.75 Å². The SMILES string of the molecule is CCCC(NC(=O)C1C[C@H]2COCCCOc3cccc(c3)CC(=O)N[C@@H](C3CCCCC3)C(=O)N1C2)C(=O)C(=O)NCC(=O)O. The summed E-state index contributed by atoms with van der Waals surface area (Å²) >= 11 is 0. The number of rotatable bonds is 9. The van der Waals surface area contributed by atoms with E-state index in [1.807, 2.05) is 24.3 Å². The summed E-state index contributed by atoms with van der Waals surface area (Å²) in [4.78, 5) is 79.2. The summed E-state index contributed by atoms with van der Waals surface area (Å²) in [5.74, 6) is -4.19. The van der Waals surface area contributed by atoms with E-state index in [0.717, 1.165) is 37.7 Å². The number of hydrogen-bond donors (Lipinski definition) is 4. The van der Waals surface area contributed by atoms with Crippen LogP contribution in [0.2, 0.25) is 0 Å². The lowest BCUT2D eigenvalue weighted by atomic mass is 9.83. The minimum atomic E-state index is -1.30. The second kappa shape index (κ2) is 17.1. The molecule has 0 radical (unpaired) electrons. The van der Waals surface area contributed by atoms with Gasteiger partial charge in [-0.05, 0) is 49.3 Å². The third-order valence-electron chi connectivity index (χ3n) is 8.83. The molecule has 1 saturated heterocycles. The van der Waals surface area contributed by atoms with Crippen LogP contribution in [0, 0.1) is 11.8 Å². The Morgan fingerprint density at radius 1 is 1.09 bits per heavy atom. The quantitative estimate of drug-likeness (QED) is 0.289. The van der Waals surface area contributed by atoms with Crippen molar-refractivity contribution >= 4 is 35.4 Å². The molecule has 13 heteroatoms. The fraction of sp³-hybridized carbons (Fsp3) is 0.636. The summed E-state index contributed by atoms with van der Waals surface area (Å²) in [7, 11) is 0. The lowest BCUT2D eigenvalue weighted by Gasteiger charge is -2.35. The third kappa shape index (κ3) is 9.75. The van der Waals surface area contributed by atoms with Crippen molar-refractivity contribution in [3.63, 3.8) is 0 Å². The zero-order valence-corrected chi connectivity index (χ0v) is 26.5. The molecular weight excluding hydrogens is 596 g/mol. The number of nitrogens with zero attached hydrogens (tertiary/aromatic N) is 1. The van der Waals surface area contributed by atoms with Gasteiger partial charge < -0.3 is 35.4 Å². The summed E-state index contributed by atoms with van der Waals surface area (Å²) in [6, 6.07) is 4.36. The van der Waals surface area contributed by atoms with Gasteiger partial charge in [0.05, 0.1) is 25.7 Å². The van der Waals surface area contributed by atoms with E-state index in [-0.39, 0.29) is 49.5 Å². The molecule has 2 aliphatic heterocycles. The number of nitrogens with one attached hydrogen (secondary N) is 3. The number of carboxylic acid groups (broad SMARTS) is 1. The third-order valence-corrected chi connectivity index (χ3v) is 8.83. The fourth-order valence-corrected chi connectivity index (χ4v) is 6.55. The lowest BCUT2D eigenvalue weighted by molar-refractivity contribution is -0.145. The topological polar surface area (TPSA) is 180 Å². The Morgan fingerprint density at radius 3 is 2.61 bits per heavy atom. The molecule has 4 amide bonds. The number of aliphatic carboxylic acids is 1. The molecule has 2 unspecified atom stereocenters. The molecule has 1 aromatic rings. The molecule has 4 N–H and O–H groups in total.